The molecule has 0 fully saturated rings. The zero-order valence-electron chi connectivity index (χ0n) is 14.6. The Hall–Kier alpha value is -2.14. The van der Waals surface area contributed by atoms with E-state index >= 15 is 0 Å². The van der Waals surface area contributed by atoms with Gasteiger partial charge < -0.3 is 0 Å². The molecule has 1 aromatic heterocycles. The highest BCUT2D eigenvalue weighted by molar-refractivity contribution is 6.43. The average molecular weight is 422 g/mol. The Morgan fingerprint density at radius 2 is 1.74 bits per heavy atom. The van der Waals surface area contributed by atoms with Gasteiger partial charge in [-0.2, -0.15) is 9.78 Å². The summed E-state index contributed by atoms with van der Waals surface area (Å²) in [5.74, 6) is -0.359. The first-order chi connectivity index (χ1) is 12.8. The van der Waals surface area contributed by atoms with E-state index < -0.39 is 0 Å². The van der Waals surface area contributed by atoms with Gasteiger partial charge in [-0.1, -0.05) is 53.9 Å². The first-order valence-electron chi connectivity index (χ1n) is 8.21. The summed E-state index contributed by atoms with van der Waals surface area (Å²) in [7, 11) is 0. The molecule has 0 atom stereocenters. The smallest absolute Gasteiger partial charge is 0.274 e. The van der Waals surface area contributed by atoms with Crippen molar-refractivity contribution >= 4 is 40.6 Å². The predicted octanol–water partition coefficient (Wildman–Crippen LogP) is 5.29. The van der Waals surface area contributed by atoms with Gasteiger partial charge in [0.25, 0.3) is 5.56 Å². The van der Waals surface area contributed by atoms with Crippen LogP contribution in [0.25, 0.3) is 5.69 Å². The summed E-state index contributed by atoms with van der Waals surface area (Å²) in [6, 6.07) is 9.66. The number of ketones is 1. The summed E-state index contributed by atoms with van der Waals surface area (Å²) >= 11 is 18.3. The fraction of sp³-hybridized carbons (Fsp3) is 0.150. The highest BCUT2D eigenvalue weighted by atomic mass is 35.5. The summed E-state index contributed by atoms with van der Waals surface area (Å²) in [4.78, 5) is 25.6. The van der Waals surface area contributed by atoms with E-state index in [9.17, 15) is 9.59 Å². The van der Waals surface area contributed by atoms with Crippen LogP contribution in [0.3, 0.4) is 0 Å². The van der Waals surface area contributed by atoms with E-state index in [1.54, 1.807) is 30.5 Å². The number of carbonyl (C=O) groups excluding carboxylic acids is 1. The number of aryl methyl sites for hydroxylation is 2. The maximum Gasteiger partial charge on any atom is 0.274 e. The number of aromatic nitrogens is 2. The van der Waals surface area contributed by atoms with E-state index in [1.807, 2.05) is 13.8 Å². The fourth-order valence-corrected chi connectivity index (χ4v) is 3.76. The zero-order valence-corrected chi connectivity index (χ0v) is 16.9. The molecule has 7 heteroatoms. The molecule has 3 aromatic rings. The standard InChI is InChI=1S/C20H15Cl3N2O2/c1-3-12-6-7-24-25(20(12)27)17-8-13(5-4-11(17)2)19(26)18-15(22)9-14(21)10-16(18)23/h4-10H,3H2,1-2H3. The van der Waals surface area contributed by atoms with Crippen LogP contribution in [-0.4, -0.2) is 15.6 Å². The van der Waals surface area contributed by atoms with Crippen LogP contribution in [0.1, 0.15) is 34.0 Å². The highest BCUT2D eigenvalue weighted by Crippen LogP contribution is 2.31. The van der Waals surface area contributed by atoms with Crippen molar-refractivity contribution in [1.82, 2.24) is 9.78 Å². The van der Waals surface area contributed by atoms with E-state index in [2.05, 4.69) is 5.10 Å². The van der Waals surface area contributed by atoms with Gasteiger partial charge in [0.05, 0.1) is 21.3 Å². The molecule has 0 saturated heterocycles. The SMILES string of the molecule is CCc1ccnn(-c2cc(C(=O)c3c(Cl)cc(Cl)cc3Cl)ccc2C)c1=O. The molecular formula is C20H15Cl3N2O2. The third kappa shape index (κ3) is 3.79. The van der Waals surface area contributed by atoms with Crippen molar-refractivity contribution in [1.29, 1.82) is 0 Å². The Morgan fingerprint density at radius 3 is 2.37 bits per heavy atom. The Balaban J connectivity index is 2.15. The van der Waals surface area contributed by atoms with Crippen LogP contribution >= 0.6 is 34.8 Å². The number of hydrogen-bond acceptors (Lipinski definition) is 3. The molecule has 3 rings (SSSR count). The molecule has 0 N–H and O–H groups in total. The molecule has 0 spiro atoms. The van der Waals surface area contributed by atoms with E-state index in [4.69, 9.17) is 34.8 Å². The second-order valence-corrected chi connectivity index (χ2v) is 7.25. The van der Waals surface area contributed by atoms with Gasteiger partial charge in [-0.15, -0.1) is 0 Å². The zero-order chi connectivity index (χ0) is 19.7. The number of halogens is 3. The summed E-state index contributed by atoms with van der Waals surface area (Å²) in [6.07, 6.45) is 2.16. The molecule has 0 aliphatic heterocycles. The molecular weight excluding hydrogens is 407 g/mol. The second kappa shape index (κ2) is 7.85. The number of nitrogens with zero attached hydrogens (tertiary/aromatic N) is 2. The summed E-state index contributed by atoms with van der Waals surface area (Å²) < 4.78 is 1.30. The van der Waals surface area contributed by atoms with Crippen LogP contribution in [0, 0.1) is 6.92 Å². The Labute approximate surface area is 171 Å². The molecule has 1 heterocycles. The summed E-state index contributed by atoms with van der Waals surface area (Å²) in [6.45, 7) is 3.75. The van der Waals surface area contributed by atoms with Crippen LogP contribution < -0.4 is 5.56 Å². The second-order valence-electron chi connectivity index (χ2n) is 6.00. The molecule has 0 amide bonds. The van der Waals surface area contributed by atoms with Crippen molar-refractivity contribution in [3.8, 4) is 5.69 Å². The van der Waals surface area contributed by atoms with E-state index in [0.717, 1.165) is 5.56 Å². The van der Waals surface area contributed by atoms with Crippen LogP contribution in [0.2, 0.25) is 15.1 Å². The van der Waals surface area contributed by atoms with Gasteiger partial charge in [-0.3, -0.25) is 9.59 Å². The first-order valence-corrected chi connectivity index (χ1v) is 9.34. The molecule has 0 bridgehead atoms. The van der Waals surface area contributed by atoms with Crippen molar-refractivity contribution in [3.05, 3.63) is 90.3 Å². The third-order valence-electron chi connectivity index (χ3n) is 4.24. The lowest BCUT2D eigenvalue weighted by Crippen LogP contribution is -2.24. The van der Waals surface area contributed by atoms with Gasteiger partial charge >= 0.3 is 0 Å². The fourth-order valence-electron chi connectivity index (χ4n) is 2.77. The minimum atomic E-state index is -0.359. The van der Waals surface area contributed by atoms with Crippen LogP contribution in [0.15, 0.2) is 47.4 Å². The molecule has 0 saturated carbocycles. The number of benzene rings is 2. The summed E-state index contributed by atoms with van der Waals surface area (Å²) in [5, 5.41) is 4.85. The lowest BCUT2D eigenvalue weighted by molar-refractivity contribution is 0.103. The molecule has 0 unspecified atom stereocenters. The highest BCUT2D eigenvalue weighted by Gasteiger charge is 2.19. The molecule has 0 aliphatic carbocycles. The van der Waals surface area contributed by atoms with Gasteiger partial charge in [0, 0.05) is 22.3 Å². The number of rotatable bonds is 4. The first kappa shape index (κ1) is 19.6. The minimum Gasteiger partial charge on any atom is -0.288 e. The van der Waals surface area contributed by atoms with Crippen LogP contribution in [0.5, 0.6) is 0 Å². The van der Waals surface area contributed by atoms with E-state index in [-0.39, 0.29) is 27.0 Å². The quantitative estimate of drug-likeness (QED) is 0.538. The van der Waals surface area contributed by atoms with Gasteiger partial charge in [-0.25, -0.2) is 0 Å². The molecule has 138 valence electrons. The van der Waals surface area contributed by atoms with Crippen molar-refractivity contribution < 1.29 is 4.79 Å². The Morgan fingerprint density at radius 1 is 1.07 bits per heavy atom. The van der Waals surface area contributed by atoms with Gasteiger partial charge in [0.2, 0.25) is 0 Å². The van der Waals surface area contributed by atoms with Gasteiger partial charge in [0.15, 0.2) is 5.78 Å². The van der Waals surface area contributed by atoms with E-state index in [0.29, 0.717) is 28.3 Å². The number of hydrogen-bond donors (Lipinski definition) is 0. The molecule has 4 nitrogen and oxygen atoms in total. The maximum atomic E-state index is 13.0. The number of carbonyl (C=O) groups is 1. The average Bonchev–Trinajstić information content (AvgIpc) is 2.61. The van der Waals surface area contributed by atoms with Gasteiger partial charge in [0.1, 0.15) is 0 Å². The lowest BCUT2D eigenvalue weighted by atomic mass is 10.0. The van der Waals surface area contributed by atoms with Gasteiger partial charge in [-0.05, 0) is 43.2 Å². The third-order valence-corrected chi connectivity index (χ3v) is 5.05. The topological polar surface area (TPSA) is 52.0 Å². The van der Waals surface area contributed by atoms with Crippen molar-refractivity contribution in [2.75, 3.05) is 0 Å². The van der Waals surface area contributed by atoms with Crippen LogP contribution in [0.4, 0.5) is 0 Å². The van der Waals surface area contributed by atoms with E-state index in [1.165, 1.54) is 16.8 Å². The van der Waals surface area contributed by atoms with Crippen molar-refractivity contribution in [3.63, 3.8) is 0 Å². The Bertz CT molecular complexity index is 1080. The Kier molecular flexibility index (Phi) is 5.70. The molecule has 0 radical (unpaired) electrons. The monoisotopic (exact) mass is 420 g/mol. The van der Waals surface area contributed by atoms with Crippen molar-refractivity contribution in [2.24, 2.45) is 0 Å². The molecule has 2 aromatic carbocycles. The largest absolute Gasteiger partial charge is 0.288 e. The maximum absolute atomic E-state index is 13.0. The molecule has 27 heavy (non-hydrogen) atoms. The minimum absolute atomic E-state index is 0.167. The van der Waals surface area contributed by atoms with Crippen LogP contribution in [-0.2, 0) is 6.42 Å². The molecule has 0 aliphatic rings. The normalized spacial score (nSPS) is 10.9. The lowest BCUT2D eigenvalue weighted by Gasteiger charge is -2.12. The van der Waals surface area contributed by atoms with Crippen molar-refractivity contribution in [2.45, 2.75) is 20.3 Å². The predicted molar refractivity (Wildman–Crippen MR) is 109 cm³/mol. The summed E-state index contributed by atoms with van der Waals surface area (Å²) in [5.41, 5.74) is 2.28.